The largest absolute Gasteiger partial charge is 0.491 e. The van der Waals surface area contributed by atoms with Gasteiger partial charge in [0.05, 0.1) is 6.54 Å². The van der Waals surface area contributed by atoms with E-state index in [0.717, 1.165) is 22.4 Å². The van der Waals surface area contributed by atoms with Crippen LogP contribution in [-0.2, 0) is 17.8 Å². The van der Waals surface area contributed by atoms with Gasteiger partial charge >= 0.3 is 0 Å². The second kappa shape index (κ2) is 8.49. The number of likely N-dealkylation sites (N-methyl/N-ethyl adjacent to an activating group) is 1. The van der Waals surface area contributed by atoms with Crippen molar-refractivity contribution in [2.24, 2.45) is 0 Å². The molecule has 0 aliphatic rings. The minimum atomic E-state index is -0.366. The minimum absolute atomic E-state index is 0.151. The quantitative estimate of drug-likeness (QED) is 0.767. The van der Waals surface area contributed by atoms with Gasteiger partial charge in [0.25, 0.3) is 5.56 Å². The molecule has 7 heteroatoms. The molecule has 24 heavy (non-hydrogen) atoms. The molecule has 0 bridgehead atoms. The lowest BCUT2D eigenvalue weighted by Crippen LogP contribution is -2.36. The fourth-order valence-corrected chi connectivity index (χ4v) is 2.29. The van der Waals surface area contributed by atoms with E-state index in [1.807, 2.05) is 24.3 Å². The van der Waals surface area contributed by atoms with Crippen LogP contribution in [0.15, 0.2) is 41.2 Å². The first-order valence-corrected chi connectivity index (χ1v) is 8.07. The number of hydrogen-bond donors (Lipinski definition) is 0. The molecule has 0 atom stereocenters. The van der Waals surface area contributed by atoms with Crippen LogP contribution in [0.2, 0.25) is 5.15 Å². The standard InChI is InChI=1S/C17H20ClN3O3/c1-3-13-6-4-5-7-14(13)24-11-10-20(2)17(23)12-21-16(22)9-8-15(18)19-21/h4-9H,3,10-12H2,1-2H3. The zero-order valence-electron chi connectivity index (χ0n) is 13.7. The summed E-state index contributed by atoms with van der Waals surface area (Å²) < 4.78 is 6.79. The lowest BCUT2D eigenvalue weighted by atomic mass is 10.1. The summed E-state index contributed by atoms with van der Waals surface area (Å²) in [5.41, 5.74) is 0.760. The highest BCUT2D eigenvalue weighted by Crippen LogP contribution is 2.18. The number of carbonyl (C=O) groups excluding carboxylic acids is 1. The van der Waals surface area contributed by atoms with E-state index in [0.29, 0.717) is 13.2 Å². The Morgan fingerprint density at radius 1 is 1.29 bits per heavy atom. The number of rotatable bonds is 7. The number of hydrogen-bond acceptors (Lipinski definition) is 4. The molecule has 0 spiro atoms. The van der Waals surface area contributed by atoms with Gasteiger partial charge in [-0.25, -0.2) is 4.68 Å². The SMILES string of the molecule is CCc1ccccc1OCCN(C)C(=O)Cn1nc(Cl)ccc1=O. The number of aromatic nitrogens is 2. The molecule has 1 amide bonds. The van der Waals surface area contributed by atoms with E-state index in [1.54, 1.807) is 7.05 Å². The lowest BCUT2D eigenvalue weighted by Gasteiger charge is -2.18. The Kier molecular flexibility index (Phi) is 6.37. The maximum atomic E-state index is 12.2. The summed E-state index contributed by atoms with van der Waals surface area (Å²) in [6.07, 6.45) is 0.883. The molecule has 0 saturated carbocycles. The summed E-state index contributed by atoms with van der Waals surface area (Å²) in [6.45, 7) is 2.69. The number of ether oxygens (including phenoxy) is 1. The Hall–Kier alpha value is -2.34. The summed E-state index contributed by atoms with van der Waals surface area (Å²) in [7, 11) is 1.66. The van der Waals surface area contributed by atoms with E-state index in [2.05, 4.69) is 12.0 Å². The van der Waals surface area contributed by atoms with Crippen molar-refractivity contribution < 1.29 is 9.53 Å². The average molecular weight is 350 g/mol. The van der Waals surface area contributed by atoms with Gasteiger partial charge in [-0.15, -0.1) is 0 Å². The first kappa shape index (κ1) is 18.0. The average Bonchev–Trinajstić information content (AvgIpc) is 2.58. The molecule has 128 valence electrons. The Morgan fingerprint density at radius 3 is 2.79 bits per heavy atom. The Balaban J connectivity index is 1.88. The van der Waals surface area contributed by atoms with Crippen molar-refractivity contribution in [2.45, 2.75) is 19.9 Å². The van der Waals surface area contributed by atoms with Crippen molar-refractivity contribution in [3.8, 4) is 5.75 Å². The second-order valence-electron chi connectivity index (χ2n) is 5.28. The smallest absolute Gasteiger partial charge is 0.267 e. The maximum absolute atomic E-state index is 12.2. The molecule has 6 nitrogen and oxygen atoms in total. The summed E-state index contributed by atoms with van der Waals surface area (Å²) in [4.78, 5) is 25.3. The number of nitrogens with zero attached hydrogens (tertiary/aromatic N) is 3. The van der Waals surface area contributed by atoms with Crippen LogP contribution >= 0.6 is 11.6 Å². The van der Waals surface area contributed by atoms with Gasteiger partial charge in [-0.05, 0) is 24.1 Å². The molecular weight excluding hydrogens is 330 g/mol. The monoisotopic (exact) mass is 349 g/mol. The number of aryl methyl sites for hydroxylation is 1. The van der Waals surface area contributed by atoms with Crippen LogP contribution in [0.5, 0.6) is 5.75 Å². The van der Waals surface area contributed by atoms with E-state index >= 15 is 0 Å². The summed E-state index contributed by atoms with van der Waals surface area (Å²) >= 11 is 5.74. The van der Waals surface area contributed by atoms with E-state index in [-0.39, 0.29) is 23.2 Å². The molecule has 0 saturated heterocycles. The molecule has 0 fully saturated rings. The third kappa shape index (κ3) is 4.83. The van der Waals surface area contributed by atoms with Crippen molar-refractivity contribution in [3.63, 3.8) is 0 Å². The lowest BCUT2D eigenvalue weighted by molar-refractivity contribution is -0.131. The van der Waals surface area contributed by atoms with Crippen molar-refractivity contribution >= 4 is 17.5 Å². The highest BCUT2D eigenvalue weighted by Gasteiger charge is 2.12. The molecular formula is C17H20ClN3O3. The topological polar surface area (TPSA) is 64.4 Å². The minimum Gasteiger partial charge on any atom is -0.491 e. The number of para-hydroxylation sites is 1. The molecule has 0 unspecified atom stereocenters. The van der Waals surface area contributed by atoms with Crippen LogP contribution in [0.4, 0.5) is 0 Å². The van der Waals surface area contributed by atoms with Crippen molar-refractivity contribution in [3.05, 3.63) is 57.5 Å². The summed E-state index contributed by atoms with van der Waals surface area (Å²) in [5.74, 6) is 0.591. The normalized spacial score (nSPS) is 10.5. The fraction of sp³-hybridized carbons (Fsp3) is 0.353. The third-order valence-corrected chi connectivity index (χ3v) is 3.78. The van der Waals surface area contributed by atoms with Gasteiger partial charge in [0.15, 0.2) is 0 Å². The fourth-order valence-electron chi connectivity index (χ4n) is 2.14. The van der Waals surface area contributed by atoms with E-state index < -0.39 is 0 Å². The third-order valence-electron chi connectivity index (χ3n) is 3.58. The first-order valence-electron chi connectivity index (χ1n) is 7.69. The molecule has 1 heterocycles. The Labute approximate surface area is 145 Å². The zero-order chi connectivity index (χ0) is 17.5. The first-order chi connectivity index (χ1) is 11.5. The molecule has 0 radical (unpaired) electrons. The van der Waals surface area contributed by atoms with Gasteiger partial charge in [0.1, 0.15) is 24.1 Å². The van der Waals surface area contributed by atoms with Crippen LogP contribution < -0.4 is 10.3 Å². The second-order valence-corrected chi connectivity index (χ2v) is 5.66. The van der Waals surface area contributed by atoms with Crippen molar-refractivity contribution in [2.75, 3.05) is 20.2 Å². The van der Waals surface area contributed by atoms with Crippen LogP contribution in [0, 0.1) is 0 Å². The van der Waals surface area contributed by atoms with E-state index in [1.165, 1.54) is 17.0 Å². The maximum Gasteiger partial charge on any atom is 0.267 e. The van der Waals surface area contributed by atoms with Crippen LogP contribution in [-0.4, -0.2) is 40.8 Å². The van der Waals surface area contributed by atoms with Gasteiger partial charge in [-0.3, -0.25) is 9.59 Å². The van der Waals surface area contributed by atoms with Crippen molar-refractivity contribution in [1.29, 1.82) is 0 Å². The van der Waals surface area contributed by atoms with Gasteiger partial charge in [0.2, 0.25) is 5.91 Å². The highest BCUT2D eigenvalue weighted by molar-refractivity contribution is 6.29. The molecule has 0 aliphatic carbocycles. The molecule has 2 rings (SSSR count). The number of amides is 1. The Bertz CT molecular complexity index is 761. The van der Waals surface area contributed by atoms with Gasteiger partial charge < -0.3 is 9.64 Å². The molecule has 0 aliphatic heterocycles. The van der Waals surface area contributed by atoms with Crippen LogP contribution in [0.25, 0.3) is 0 Å². The number of halogens is 1. The van der Waals surface area contributed by atoms with Crippen molar-refractivity contribution in [1.82, 2.24) is 14.7 Å². The number of carbonyl (C=O) groups is 1. The van der Waals surface area contributed by atoms with Crippen LogP contribution in [0.1, 0.15) is 12.5 Å². The van der Waals surface area contributed by atoms with Crippen LogP contribution in [0.3, 0.4) is 0 Å². The van der Waals surface area contributed by atoms with E-state index in [9.17, 15) is 9.59 Å². The van der Waals surface area contributed by atoms with Gasteiger partial charge in [-0.1, -0.05) is 36.7 Å². The van der Waals surface area contributed by atoms with Gasteiger partial charge in [-0.2, -0.15) is 5.10 Å². The van der Waals surface area contributed by atoms with Gasteiger partial charge in [0, 0.05) is 13.1 Å². The molecule has 1 aromatic carbocycles. The predicted octanol–water partition coefficient (Wildman–Crippen LogP) is 2.00. The predicted molar refractivity (Wildman–Crippen MR) is 92.5 cm³/mol. The van der Waals surface area contributed by atoms with E-state index in [4.69, 9.17) is 16.3 Å². The summed E-state index contributed by atoms with van der Waals surface area (Å²) in [5, 5.41) is 4.01. The molecule has 2 aromatic rings. The summed E-state index contributed by atoms with van der Waals surface area (Å²) in [6, 6.07) is 10.5. The Morgan fingerprint density at radius 2 is 2.04 bits per heavy atom. The highest BCUT2D eigenvalue weighted by atomic mass is 35.5. The zero-order valence-corrected chi connectivity index (χ0v) is 14.5. The number of benzene rings is 1. The molecule has 1 aromatic heterocycles. The molecule has 0 N–H and O–H groups in total.